The highest BCUT2D eigenvalue weighted by Crippen LogP contribution is 2.26. The lowest BCUT2D eigenvalue weighted by molar-refractivity contribution is -0.384. The van der Waals surface area contributed by atoms with Crippen molar-refractivity contribution in [3.8, 4) is 10.6 Å². The Balaban J connectivity index is 1.74. The molecule has 2 aromatic heterocycles. The highest BCUT2D eigenvalue weighted by atomic mass is 32.1. The third-order valence-corrected chi connectivity index (χ3v) is 6.38. The van der Waals surface area contributed by atoms with Gasteiger partial charge in [-0.25, -0.2) is 9.67 Å². The van der Waals surface area contributed by atoms with Gasteiger partial charge in [-0.1, -0.05) is 32.0 Å². The minimum absolute atomic E-state index is 0.0557. The van der Waals surface area contributed by atoms with Gasteiger partial charge in [-0.05, 0) is 52.8 Å². The molecule has 4 rings (SSSR count). The molecule has 0 unspecified atom stereocenters. The van der Waals surface area contributed by atoms with E-state index < -0.39 is 4.92 Å². The van der Waals surface area contributed by atoms with Crippen LogP contribution in [-0.2, 0) is 0 Å². The maximum atomic E-state index is 10.9. The van der Waals surface area contributed by atoms with Crippen molar-refractivity contribution in [2.45, 2.75) is 19.8 Å². The van der Waals surface area contributed by atoms with Crippen molar-refractivity contribution < 1.29 is 4.92 Å². The van der Waals surface area contributed by atoms with Crippen molar-refractivity contribution in [3.63, 3.8) is 0 Å². The fourth-order valence-electron chi connectivity index (χ4n) is 2.93. The zero-order valence-electron chi connectivity index (χ0n) is 17.0. The molecule has 0 saturated carbocycles. The molecule has 0 spiro atoms. The van der Waals surface area contributed by atoms with Crippen LogP contribution in [0.4, 0.5) is 11.4 Å². The molecule has 8 heteroatoms. The minimum atomic E-state index is -0.412. The Morgan fingerprint density at radius 2 is 1.77 bits per heavy atom. The molecule has 0 aliphatic carbocycles. The Morgan fingerprint density at radius 1 is 1.03 bits per heavy atom. The summed E-state index contributed by atoms with van der Waals surface area (Å²) in [6, 6.07) is 18.6. The minimum Gasteiger partial charge on any atom is -0.258 e. The van der Waals surface area contributed by atoms with Crippen LogP contribution in [0.1, 0.15) is 30.9 Å². The van der Waals surface area contributed by atoms with Gasteiger partial charge in [0.25, 0.3) is 5.69 Å². The average Bonchev–Trinajstić information content (AvgIpc) is 3.43. The Labute approximate surface area is 187 Å². The quantitative estimate of drug-likeness (QED) is 0.194. The summed E-state index contributed by atoms with van der Waals surface area (Å²) in [4.78, 5) is 17.1. The van der Waals surface area contributed by atoms with Crippen molar-refractivity contribution >= 4 is 40.3 Å². The van der Waals surface area contributed by atoms with Gasteiger partial charge in [-0.2, -0.15) is 5.10 Å². The Hall–Kier alpha value is -3.36. The molecule has 31 heavy (non-hydrogen) atoms. The van der Waals surface area contributed by atoms with Crippen LogP contribution in [0.5, 0.6) is 0 Å². The summed E-state index contributed by atoms with van der Waals surface area (Å²) in [7, 11) is 0. The van der Waals surface area contributed by atoms with E-state index in [2.05, 4.69) is 31.1 Å². The first-order valence-corrected chi connectivity index (χ1v) is 11.4. The highest BCUT2D eigenvalue weighted by molar-refractivity contribution is 7.14. The van der Waals surface area contributed by atoms with Gasteiger partial charge >= 0.3 is 0 Å². The second-order valence-electron chi connectivity index (χ2n) is 7.14. The van der Waals surface area contributed by atoms with Crippen LogP contribution in [0, 0.1) is 10.1 Å². The monoisotopic (exact) mass is 448 g/mol. The molecule has 6 nitrogen and oxygen atoms in total. The van der Waals surface area contributed by atoms with Crippen LogP contribution in [0.3, 0.4) is 0 Å². The predicted octanol–water partition coefficient (Wildman–Crippen LogP) is 6.42. The highest BCUT2D eigenvalue weighted by Gasteiger charge is 2.09. The summed E-state index contributed by atoms with van der Waals surface area (Å²) in [6.07, 6.45) is 1.69. The molecule has 4 aromatic rings. The molecule has 2 heterocycles. The summed E-state index contributed by atoms with van der Waals surface area (Å²) in [5, 5.41) is 19.6. The lowest BCUT2D eigenvalue weighted by Crippen LogP contribution is -2.11. The smallest absolute Gasteiger partial charge is 0.258 e. The van der Waals surface area contributed by atoms with Gasteiger partial charge in [0.15, 0.2) is 0 Å². The van der Waals surface area contributed by atoms with Gasteiger partial charge in [0, 0.05) is 17.5 Å². The first kappa shape index (κ1) is 20.9. The lowest BCUT2D eigenvalue weighted by atomic mass is 10.0. The number of rotatable bonds is 6. The van der Waals surface area contributed by atoms with Crippen LogP contribution >= 0.6 is 22.7 Å². The number of hydrogen-bond donors (Lipinski definition) is 0. The first-order chi connectivity index (χ1) is 15.0. The van der Waals surface area contributed by atoms with Crippen molar-refractivity contribution in [3.05, 3.63) is 97.5 Å². The number of non-ortho nitro benzene ring substituents is 1. The zero-order chi connectivity index (χ0) is 21.8. The van der Waals surface area contributed by atoms with E-state index in [-0.39, 0.29) is 5.69 Å². The number of thiophene rings is 1. The van der Waals surface area contributed by atoms with Crippen molar-refractivity contribution in [1.82, 2.24) is 4.68 Å². The number of benzene rings is 2. The number of thiazole rings is 1. The molecule has 2 aromatic carbocycles. The van der Waals surface area contributed by atoms with Crippen LogP contribution in [0.25, 0.3) is 10.6 Å². The van der Waals surface area contributed by atoms with E-state index in [1.54, 1.807) is 29.7 Å². The fourth-order valence-corrected chi connectivity index (χ4v) is 4.58. The van der Waals surface area contributed by atoms with Crippen LogP contribution in [-0.4, -0.2) is 15.8 Å². The van der Waals surface area contributed by atoms with Gasteiger partial charge < -0.3 is 0 Å². The lowest BCUT2D eigenvalue weighted by Gasteiger charge is -2.04. The fraction of sp³-hybridized carbons (Fsp3) is 0.130. The number of nitro benzene ring substituents is 1. The van der Waals surface area contributed by atoms with Gasteiger partial charge in [-0.3, -0.25) is 10.1 Å². The maximum Gasteiger partial charge on any atom is 0.269 e. The van der Waals surface area contributed by atoms with Crippen LogP contribution < -0.4 is 4.80 Å². The summed E-state index contributed by atoms with van der Waals surface area (Å²) in [5.41, 5.74) is 3.92. The number of nitro groups is 1. The molecule has 0 amide bonds. The van der Waals surface area contributed by atoms with E-state index in [0.29, 0.717) is 5.92 Å². The molecule has 156 valence electrons. The third-order valence-electron chi connectivity index (χ3n) is 4.67. The van der Waals surface area contributed by atoms with Gasteiger partial charge in [-0.15, -0.1) is 22.7 Å². The van der Waals surface area contributed by atoms with Crippen molar-refractivity contribution in [1.29, 1.82) is 0 Å². The molecule has 0 bridgehead atoms. The van der Waals surface area contributed by atoms with Crippen LogP contribution in [0.2, 0.25) is 0 Å². The van der Waals surface area contributed by atoms with E-state index in [1.807, 2.05) is 39.7 Å². The SMILES string of the molecule is CC(C)c1ccc(N=c2scc(-c3cccs3)n2N=Cc2ccc([N+](=O)[O-])cc2)cc1. The van der Waals surface area contributed by atoms with E-state index in [4.69, 9.17) is 4.99 Å². The summed E-state index contributed by atoms with van der Waals surface area (Å²) >= 11 is 3.16. The third kappa shape index (κ3) is 4.87. The molecule has 0 fully saturated rings. The van der Waals surface area contributed by atoms with E-state index in [1.165, 1.54) is 29.0 Å². The number of hydrogen-bond acceptors (Lipinski definition) is 6. The number of nitrogens with zero attached hydrogens (tertiary/aromatic N) is 4. The summed E-state index contributed by atoms with van der Waals surface area (Å²) in [6.45, 7) is 4.33. The standard InChI is InChI=1S/C23H20N4O2S2/c1-16(2)18-7-9-19(10-8-18)25-23-26(21(15-31-23)22-4-3-13-30-22)24-14-17-5-11-20(12-6-17)27(28)29/h3-16H,1-2H3. The molecule has 0 aliphatic rings. The van der Waals surface area contributed by atoms with Gasteiger partial charge in [0.2, 0.25) is 4.80 Å². The Morgan fingerprint density at radius 3 is 2.39 bits per heavy atom. The summed E-state index contributed by atoms with van der Waals surface area (Å²) < 4.78 is 1.81. The first-order valence-electron chi connectivity index (χ1n) is 9.69. The Kier molecular flexibility index (Phi) is 6.20. The number of aromatic nitrogens is 1. The second-order valence-corrected chi connectivity index (χ2v) is 8.93. The van der Waals surface area contributed by atoms with Gasteiger partial charge in [0.05, 0.1) is 27.4 Å². The summed E-state index contributed by atoms with van der Waals surface area (Å²) in [5.74, 6) is 0.470. The van der Waals surface area contributed by atoms with E-state index in [0.717, 1.165) is 26.6 Å². The van der Waals surface area contributed by atoms with E-state index >= 15 is 0 Å². The molecule has 0 atom stereocenters. The van der Waals surface area contributed by atoms with Crippen LogP contribution in [0.15, 0.2) is 81.5 Å². The maximum absolute atomic E-state index is 10.9. The predicted molar refractivity (Wildman–Crippen MR) is 127 cm³/mol. The van der Waals surface area contributed by atoms with Gasteiger partial charge in [0.1, 0.15) is 0 Å². The topological polar surface area (TPSA) is 72.8 Å². The zero-order valence-corrected chi connectivity index (χ0v) is 18.6. The normalized spacial score (nSPS) is 12.2. The Bertz CT molecular complexity index is 1270. The molecular weight excluding hydrogens is 428 g/mol. The molecule has 0 radical (unpaired) electrons. The molecule has 0 aliphatic heterocycles. The van der Waals surface area contributed by atoms with Crippen molar-refractivity contribution in [2.75, 3.05) is 0 Å². The average molecular weight is 449 g/mol. The molecule has 0 N–H and O–H groups in total. The largest absolute Gasteiger partial charge is 0.269 e. The van der Waals surface area contributed by atoms with Crippen molar-refractivity contribution in [2.24, 2.45) is 10.1 Å². The second kappa shape index (κ2) is 9.20. The molecule has 0 saturated heterocycles. The molecular formula is C23H20N4O2S2. The van der Waals surface area contributed by atoms with E-state index in [9.17, 15) is 10.1 Å².